The van der Waals surface area contributed by atoms with Crippen LogP contribution in [0.3, 0.4) is 0 Å². The van der Waals surface area contributed by atoms with Crippen molar-refractivity contribution in [2.45, 2.75) is 24.9 Å². The first kappa shape index (κ1) is 13.6. The van der Waals surface area contributed by atoms with Crippen molar-refractivity contribution in [2.75, 3.05) is 7.11 Å². The van der Waals surface area contributed by atoms with Gasteiger partial charge in [-0.2, -0.15) is 8.78 Å². The Morgan fingerprint density at radius 2 is 2.00 bits per heavy atom. The topological polar surface area (TPSA) is 46.5 Å². The zero-order valence-electron chi connectivity index (χ0n) is 9.40. The molecule has 0 bridgehead atoms. The molecule has 0 aliphatic rings. The van der Waals surface area contributed by atoms with Gasteiger partial charge in [-0.05, 0) is 18.4 Å². The Kier molecular flexibility index (Phi) is 4.57. The molecule has 3 nitrogen and oxygen atoms in total. The zero-order chi connectivity index (χ0) is 12.9. The molecule has 1 N–H and O–H groups in total. The van der Waals surface area contributed by atoms with Crippen LogP contribution in [-0.2, 0) is 16.0 Å². The van der Waals surface area contributed by atoms with Crippen molar-refractivity contribution >= 4 is 5.97 Å². The molecule has 17 heavy (non-hydrogen) atoms. The molecule has 1 aromatic carbocycles. The molecule has 0 radical (unpaired) electrons. The minimum Gasteiger partial charge on any atom is -0.465 e. The number of ether oxygens (including phenoxy) is 1. The monoisotopic (exact) mass is 244 g/mol. The number of carbonyl (C=O) groups is 1. The molecule has 0 fully saturated rings. The van der Waals surface area contributed by atoms with Crippen LogP contribution < -0.4 is 0 Å². The fourth-order valence-corrected chi connectivity index (χ4v) is 1.40. The van der Waals surface area contributed by atoms with Crippen molar-refractivity contribution in [2.24, 2.45) is 0 Å². The molecule has 0 saturated carbocycles. The Balaban J connectivity index is 2.55. The predicted molar refractivity (Wildman–Crippen MR) is 57.7 cm³/mol. The van der Waals surface area contributed by atoms with Crippen LogP contribution in [0.5, 0.6) is 0 Å². The smallest absolute Gasteiger partial charge is 0.379 e. The molecule has 0 aromatic heterocycles. The van der Waals surface area contributed by atoms with E-state index >= 15 is 0 Å². The van der Waals surface area contributed by atoms with Crippen LogP contribution in [-0.4, -0.2) is 30.2 Å². The van der Waals surface area contributed by atoms with Gasteiger partial charge in [0, 0.05) is 0 Å². The Morgan fingerprint density at radius 1 is 1.41 bits per heavy atom. The largest absolute Gasteiger partial charge is 0.465 e. The molecule has 0 saturated heterocycles. The van der Waals surface area contributed by atoms with Crippen molar-refractivity contribution in [1.29, 1.82) is 0 Å². The zero-order valence-corrected chi connectivity index (χ0v) is 9.40. The average molecular weight is 244 g/mol. The standard InChI is InChI=1S/C12H14F2O3/c1-17-11(16)12(13,14)10(15)8-7-9-5-3-2-4-6-9/h2-6,10,15H,7-8H2,1H3. The Labute approximate surface area is 98.0 Å². The molecule has 5 heteroatoms. The maximum Gasteiger partial charge on any atom is 0.379 e. The van der Waals surface area contributed by atoms with Crippen LogP contribution in [0.2, 0.25) is 0 Å². The average Bonchev–Trinajstić information content (AvgIpc) is 2.35. The van der Waals surface area contributed by atoms with Crippen LogP contribution in [0.1, 0.15) is 12.0 Å². The van der Waals surface area contributed by atoms with E-state index in [4.69, 9.17) is 0 Å². The van der Waals surface area contributed by atoms with Gasteiger partial charge >= 0.3 is 11.9 Å². The highest BCUT2D eigenvalue weighted by molar-refractivity contribution is 5.78. The van der Waals surface area contributed by atoms with Crippen LogP contribution in [0.15, 0.2) is 30.3 Å². The van der Waals surface area contributed by atoms with Crippen molar-refractivity contribution < 1.29 is 23.4 Å². The van der Waals surface area contributed by atoms with E-state index in [1.165, 1.54) is 0 Å². The number of rotatable bonds is 5. The van der Waals surface area contributed by atoms with E-state index in [-0.39, 0.29) is 12.8 Å². The predicted octanol–water partition coefficient (Wildman–Crippen LogP) is 1.79. The molecule has 0 aliphatic carbocycles. The molecule has 0 spiro atoms. The number of benzene rings is 1. The summed E-state index contributed by atoms with van der Waals surface area (Å²) in [6.07, 6.45) is -1.96. The highest BCUT2D eigenvalue weighted by Gasteiger charge is 2.47. The number of aryl methyl sites for hydroxylation is 1. The number of hydrogen-bond acceptors (Lipinski definition) is 3. The highest BCUT2D eigenvalue weighted by atomic mass is 19.3. The van der Waals surface area contributed by atoms with Gasteiger partial charge < -0.3 is 9.84 Å². The van der Waals surface area contributed by atoms with Gasteiger partial charge in [0.2, 0.25) is 0 Å². The van der Waals surface area contributed by atoms with Gasteiger partial charge in [0.15, 0.2) is 0 Å². The first-order valence-electron chi connectivity index (χ1n) is 5.16. The van der Waals surface area contributed by atoms with Gasteiger partial charge in [0.25, 0.3) is 0 Å². The first-order chi connectivity index (χ1) is 7.98. The summed E-state index contributed by atoms with van der Waals surface area (Å²) >= 11 is 0. The van der Waals surface area contributed by atoms with E-state index in [2.05, 4.69) is 4.74 Å². The second-order valence-electron chi connectivity index (χ2n) is 3.65. The third kappa shape index (κ3) is 3.49. The summed E-state index contributed by atoms with van der Waals surface area (Å²) in [4.78, 5) is 10.8. The lowest BCUT2D eigenvalue weighted by Crippen LogP contribution is -2.42. The number of aliphatic hydroxyl groups excluding tert-OH is 1. The molecule has 1 atom stereocenters. The summed E-state index contributed by atoms with van der Waals surface area (Å²) in [5, 5.41) is 9.29. The molecule has 94 valence electrons. The van der Waals surface area contributed by atoms with Gasteiger partial charge in [0.05, 0.1) is 7.11 Å². The van der Waals surface area contributed by atoms with E-state index in [0.717, 1.165) is 12.7 Å². The maximum atomic E-state index is 13.2. The number of alkyl halides is 2. The molecule has 1 rings (SSSR count). The van der Waals surface area contributed by atoms with Crippen LogP contribution >= 0.6 is 0 Å². The van der Waals surface area contributed by atoms with Crippen LogP contribution in [0.4, 0.5) is 8.78 Å². The number of methoxy groups -OCH3 is 1. The van der Waals surface area contributed by atoms with Crippen molar-refractivity contribution in [1.82, 2.24) is 0 Å². The van der Waals surface area contributed by atoms with Crippen molar-refractivity contribution in [3.8, 4) is 0 Å². The number of esters is 1. The van der Waals surface area contributed by atoms with Gasteiger partial charge in [0.1, 0.15) is 6.10 Å². The molecule has 1 unspecified atom stereocenters. The lowest BCUT2D eigenvalue weighted by atomic mass is 10.0. The lowest BCUT2D eigenvalue weighted by Gasteiger charge is -2.19. The van der Waals surface area contributed by atoms with E-state index in [1.807, 2.05) is 6.07 Å². The summed E-state index contributed by atoms with van der Waals surface area (Å²) in [5.74, 6) is -5.57. The maximum absolute atomic E-state index is 13.2. The number of hydrogen-bond donors (Lipinski definition) is 1. The summed E-state index contributed by atoms with van der Waals surface area (Å²) in [6, 6.07) is 8.90. The first-order valence-corrected chi connectivity index (χ1v) is 5.16. The van der Waals surface area contributed by atoms with E-state index < -0.39 is 18.0 Å². The molecule has 1 aromatic rings. The fraction of sp³-hybridized carbons (Fsp3) is 0.417. The van der Waals surface area contributed by atoms with Crippen molar-refractivity contribution in [3.63, 3.8) is 0 Å². The van der Waals surface area contributed by atoms with E-state index in [9.17, 15) is 18.7 Å². The summed E-state index contributed by atoms with van der Waals surface area (Å²) < 4.78 is 30.3. The molecule has 0 amide bonds. The van der Waals surface area contributed by atoms with Crippen LogP contribution in [0, 0.1) is 0 Å². The molecule has 0 heterocycles. The summed E-state index contributed by atoms with van der Waals surface area (Å²) in [5.41, 5.74) is 0.826. The lowest BCUT2D eigenvalue weighted by molar-refractivity contribution is -0.186. The van der Waals surface area contributed by atoms with Gasteiger partial charge in [-0.15, -0.1) is 0 Å². The minimum absolute atomic E-state index is 0.202. The number of aliphatic hydroxyl groups is 1. The summed E-state index contributed by atoms with van der Waals surface area (Å²) in [6.45, 7) is 0. The normalized spacial score (nSPS) is 13.2. The Morgan fingerprint density at radius 3 is 2.53 bits per heavy atom. The molecular formula is C12H14F2O3. The van der Waals surface area contributed by atoms with Crippen molar-refractivity contribution in [3.05, 3.63) is 35.9 Å². The molecular weight excluding hydrogens is 230 g/mol. The SMILES string of the molecule is COC(=O)C(F)(F)C(O)CCc1ccccc1. The van der Waals surface area contributed by atoms with Gasteiger partial charge in [-0.1, -0.05) is 30.3 Å². The van der Waals surface area contributed by atoms with E-state index in [1.54, 1.807) is 24.3 Å². The Bertz CT molecular complexity index is 365. The van der Waals surface area contributed by atoms with Gasteiger partial charge in [-0.25, -0.2) is 4.79 Å². The van der Waals surface area contributed by atoms with E-state index in [0.29, 0.717) is 0 Å². The fourth-order valence-electron chi connectivity index (χ4n) is 1.40. The van der Waals surface area contributed by atoms with Crippen LogP contribution in [0.25, 0.3) is 0 Å². The third-order valence-corrected chi connectivity index (χ3v) is 2.43. The summed E-state index contributed by atoms with van der Waals surface area (Å²) in [7, 11) is 0.861. The Hall–Kier alpha value is -1.49. The number of carbonyl (C=O) groups excluding carboxylic acids is 1. The number of halogens is 2. The van der Waals surface area contributed by atoms with Gasteiger partial charge in [-0.3, -0.25) is 0 Å². The third-order valence-electron chi connectivity index (χ3n) is 2.43. The highest BCUT2D eigenvalue weighted by Crippen LogP contribution is 2.23. The minimum atomic E-state index is -3.86. The second kappa shape index (κ2) is 5.72. The molecule has 0 aliphatic heterocycles. The second-order valence-corrected chi connectivity index (χ2v) is 3.65. The quantitative estimate of drug-likeness (QED) is 0.803.